The summed E-state index contributed by atoms with van der Waals surface area (Å²) in [5.41, 5.74) is 1.75. The van der Waals surface area contributed by atoms with E-state index in [-0.39, 0.29) is 12.1 Å². The zero-order chi connectivity index (χ0) is 18.3. The fraction of sp³-hybridized carbons (Fsp3) is 0.667. The van der Waals surface area contributed by atoms with Crippen molar-refractivity contribution in [1.82, 2.24) is 29.3 Å². The average Bonchev–Trinajstić information content (AvgIpc) is 3.25. The summed E-state index contributed by atoms with van der Waals surface area (Å²) in [6.45, 7) is 11.5. The summed E-state index contributed by atoms with van der Waals surface area (Å²) in [5.74, 6) is 1.20. The first-order valence-corrected chi connectivity index (χ1v) is 9.55. The Bertz CT molecular complexity index is 794. The van der Waals surface area contributed by atoms with Gasteiger partial charge in [-0.15, -0.1) is 0 Å². The van der Waals surface area contributed by atoms with Crippen molar-refractivity contribution >= 4 is 22.9 Å². The summed E-state index contributed by atoms with van der Waals surface area (Å²) >= 11 is 0. The highest BCUT2D eigenvalue weighted by molar-refractivity contribution is 5.85. The Balaban J connectivity index is 1.46. The largest absolute Gasteiger partial charge is 0.352 e. The van der Waals surface area contributed by atoms with Crippen LogP contribution in [0.15, 0.2) is 12.7 Å². The van der Waals surface area contributed by atoms with E-state index in [0.29, 0.717) is 5.91 Å². The molecule has 2 saturated heterocycles. The van der Waals surface area contributed by atoms with Crippen LogP contribution in [0.25, 0.3) is 11.2 Å². The van der Waals surface area contributed by atoms with Gasteiger partial charge < -0.3 is 14.4 Å². The van der Waals surface area contributed by atoms with E-state index < -0.39 is 0 Å². The van der Waals surface area contributed by atoms with Crippen molar-refractivity contribution in [2.75, 3.05) is 37.6 Å². The molecule has 0 saturated carbocycles. The highest BCUT2D eigenvalue weighted by atomic mass is 16.2. The minimum Gasteiger partial charge on any atom is -0.352 e. The van der Waals surface area contributed by atoms with Gasteiger partial charge in [0, 0.05) is 45.3 Å². The van der Waals surface area contributed by atoms with Gasteiger partial charge in [0.05, 0.1) is 12.4 Å². The van der Waals surface area contributed by atoms with Crippen molar-refractivity contribution in [2.24, 2.45) is 0 Å². The first kappa shape index (κ1) is 17.2. The van der Waals surface area contributed by atoms with E-state index in [9.17, 15) is 4.79 Å². The Labute approximate surface area is 153 Å². The number of piperazine rings is 1. The van der Waals surface area contributed by atoms with E-state index >= 15 is 0 Å². The van der Waals surface area contributed by atoms with E-state index in [0.717, 1.165) is 62.7 Å². The van der Waals surface area contributed by atoms with Crippen molar-refractivity contribution < 1.29 is 4.79 Å². The van der Waals surface area contributed by atoms with Crippen molar-refractivity contribution in [3.8, 4) is 0 Å². The molecule has 2 aliphatic rings. The highest BCUT2D eigenvalue weighted by Crippen LogP contribution is 2.25. The number of hydrogen-bond donors (Lipinski definition) is 0. The first-order chi connectivity index (χ1) is 12.6. The normalized spacial score (nSPS) is 22.2. The third kappa shape index (κ3) is 2.82. The van der Waals surface area contributed by atoms with Crippen LogP contribution in [0.5, 0.6) is 0 Å². The molecule has 0 aliphatic carbocycles. The van der Waals surface area contributed by atoms with Gasteiger partial charge in [-0.25, -0.2) is 15.0 Å². The van der Waals surface area contributed by atoms with Gasteiger partial charge in [0.1, 0.15) is 6.33 Å². The Morgan fingerprint density at radius 2 is 1.88 bits per heavy atom. The second-order valence-corrected chi connectivity index (χ2v) is 7.35. The number of amides is 1. The second kappa shape index (κ2) is 6.83. The summed E-state index contributed by atoms with van der Waals surface area (Å²) in [5, 5.41) is 0. The number of aryl methyl sites for hydroxylation is 1. The number of likely N-dealkylation sites (tertiary alicyclic amines) is 1. The number of carbonyl (C=O) groups is 1. The average molecular weight is 357 g/mol. The molecular weight excluding hydrogens is 330 g/mol. The number of anilines is 1. The second-order valence-electron chi connectivity index (χ2n) is 7.35. The lowest BCUT2D eigenvalue weighted by atomic mass is 10.1. The van der Waals surface area contributed by atoms with Gasteiger partial charge in [0.2, 0.25) is 5.91 Å². The topological polar surface area (TPSA) is 70.4 Å². The maximum absolute atomic E-state index is 12.6. The molecule has 4 heterocycles. The molecule has 1 atom stereocenters. The standard InChI is InChI=1S/C18H27N7O/c1-4-22-12-21-15-16(22)19-11-20-17(15)24-9-7-23(8-10-24)14-5-6-25(13(2)3)18(14)26/h11-14H,4-10H2,1-3H3. The Hall–Kier alpha value is -2.22. The predicted octanol–water partition coefficient (Wildman–Crippen LogP) is 0.978. The van der Waals surface area contributed by atoms with Gasteiger partial charge in [-0.05, 0) is 27.2 Å². The maximum atomic E-state index is 12.6. The van der Waals surface area contributed by atoms with Crippen molar-refractivity contribution in [1.29, 1.82) is 0 Å². The fourth-order valence-electron chi connectivity index (χ4n) is 4.11. The number of hydrogen-bond acceptors (Lipinski definition) is 6. The molecule has 140 valence electrons. The Kier molecular flexibility index (Phi) is 4.52. The van der Waals surface area contributed by atoms with Gasteiger partial charge in [0.15, 0.2) is 17.0 Å². The van der Waals surface area contributed by atoms with E-state index in [1.165, 1.54) is 0 Å². The number of imidazole rings is 1. The lowest BCUT2D eigenvalue weighted by molar-refractivity contribution is -0.133. The molecule has 4 rings (SSSR count). The number of nitrogens with zero attached hydrogens (tertiary/aromatic N) is 7. The molecule has 8 nitrogen and oxygen atoms in total. The Morgan fingerprint density at radius 3 is 2.54 bits per heavy atom. The highest BCUT2D eigenvalue weighted by Gasteiger charge is 2.38. The SMILES string of the molecule is CCn1cnc2c(N3CCN(C4CCN(C(C)C)C4=O)CC3)ncnc21. The zero-order valence-corrected chi connectivity index (χ0v) is 15.8. The van der Waals surface area contributed by atoms with Crippen LogP contribution < -0.4 is 4.90 Å². The van der Waals surface area contributed by atoms with Crippen LogP contribution in [-0.4, -0.2) is 80.0 Å². The van der Waals surface area contributed by atoms with Crippen LogP contribution in [0.4, 0.5) is 5.82 Å². The van der Waals surface area contributed by atoms with Gasteiger partial charge in [-0.3, -0.25) is 9.69 Å². The van der Waals surface area contributed by atoms with Crippen molar-refractivity contribution in [3.63, 3.8) is 0 Å². The number of rotatable bonds is 4. The molecule has 0 aromatic carbocycles. The van der Waals surface area contributed by atoms with E-state index in [1.807, 2.05) is 15.8 Å². The molecule has 26 heavy (non-hydrogen) atoms. The van der Waals surface area contributed by atoms with E-state index in [4.69, 9.17) is 0 Å². The lowest BCUT2D eigenvalue weighted by Crippen LogP contribution is -2.53. The Morgan fingerprint density at radius 1 is 1.12 bits per heavy atom. The minimum absolute atomic E-state index is 0.0456. The van der Waals surface area contributed by atoms with Crippen LogP contribution >= 0.6 is 0 Å². The fourth-order valence-corrected chi connectivity index (χ4v) is 4.11. The predicted molar refractivity (Wildman–Crippen MR) is 100 cm³/mol. The van der Waals surface area contributed by atoms with Crippen LogP contribution in [0, 0.1) is 0 Å². The monoisotopic (exact) mass is 357 g/mol. The molecule has 2 aromatic rings. The number of carbonyl (C=O) groups excluding carboxylic acids is 1. The summed E-state index contributed by atoms with van der Waals surface area (Å²) in [6, 6.07) is 0.334. The van der Waals surface area contributed by atoms with Gasteiger partial charge in [0.25, 0.3) is 0 Å². The molecule has 1 amide bonds. The van der Waals surface area contributed by atoms with Crippen molar-refractivity contribution in [3.05, 3.63) is 12.7 Å². The smallest absolute Gasteiger partial charge is 0.240 e. The first-order valence-electron chi connectivity index (χ1n) is 9.55. The molecule has 2 aliphatic heterocycles. The summed E-state index contributed by atoms with van der Waals surface area (Å²) in [6.07, 6.45) is 4.39. The van der Waals surface area contributed by atoms with Crippen LogP contribution in [-0.2, 0) is 11.3 Å². The van der Waals surface area contributed by atoms with Gasteiger partial charge >= 0.3 is 0 Å². The molecule has 2 aromatic heterocycles. The number of aromatic nitrogens is 4. The summed E-state index contributed by atoms with van der Waals surface area (Å²) < 4.78 is 2.04. The van der Waals surface area contributed by atoms with Crippen LogP contribution in [0.2, 0.25) is 0 Å². The summed E-state index contributed by atoms with van der Waals surface area (Å²) in [7, 11) is 0. The van der Waals surface area contributed by atoms with Gasteiger partial charge in [-0.2, -0.15) is 0 Å². The molecular formula is C18H27N7O. The molecule has 2 fully saturated rings. The molecule has 1 unspecified atom stereocenters. The lowest BCUT2D eigenvalue weighted by Gasteiger charge is -2.37. The molecule has 0 bridgehead atoms. The van der Waals surface area contributed by atoms with Crippen LogP contribution in [0.3, 0.4) is 0 Å². The quantitative estimate of drug-likeness (QED) is 0.812. The van der Waals surface area contributed by atoms with E-state index in [2.05, 4.69) is 45.5 Å². The number of fused-ring (bicyclic) bond motifs is 1. The summed E-state index contributed by atoms with van der Waals surface area (Å²) in [4.78, 5) is 32.7. The molecule has 0 N–H and O–H groups in total. The maximum Gasteiger partial charge on any atom is 0.240 e. The minimum atomic E-state index is 0.0456. The van der Waals surface area contributed by atoms with Crippen LogP contribution in [0.1, 0.15) is 27.2 Å². The molecule has 0 spiro atoms. The molecule has 0 radical (unpaired) electrons. The molecule has 8 heteroatoms. The zero-order valence-electron chi connectivity index (χ0n) is 15.8. The third-order valence-electron chi connectivity index (χ3n) is 5.61. The van der Waals surface area contributed by atoms with Gasteiger partial charge in [-0.1, -0.05) is 0 Å². The van der Waals surface area contributed by atoms with E-state index in [1.54, 1.807) is 6.33 Å². The third-order valence-corrected chi connectivity index (χ3v) is 5.61. The van der Waals surface area contributed by atoms with Crippen molar-refractivity contribution in [2.45, 2.75) is 45.8 Å².